The second-order valence-corrected chi connectivity index (χ2v) is 12.0. The fourth-order valence-electron chi connectivity index (χ4n) is 5.23. The first-order chi connectivity index (χ1) is 20.6. The molecule has 0 aliphatic carbocycles. The van der Waals surface area contributed by atoms with Gasteiger partial charge < -0.3 is 9.84 Å². The van der Waals surface area contributed by atoms with Gasteiger partial charge in [-0.05, 0) is 51.0 Å². The van der Waals surface area contributed by atoms with Gasteiger partial charge in [0.05, 0.1) is 0 Å². The number of aliphatic carboxylic acids is 1. The molecule has 0 radical (unpaired) electrons. The van der Waals surface area contributed by atoms with Gasteiger partial charge in [0.1, 0.15) is 6.10 Å². The van der Waals surface area contributed by atoms with Crippen molar-refractivity contribution in [3.8, 4) is 0 Å². The minimum atomic E-state index is -0.729. The number of carboxylic acids is 1. The summed E-state index contributed by atoms with van der Waals surface area (Å²) in [4.78, 5) is 23.2. The quantitative estimate of drug-likeness (QED) is 0.0482. The van der Waals surface area contributed by atoms with Crippen LogP contribution in [0.25, 0.3) is 0 Å². The van der Waals surface area contributed by atoms with Crippen LogP contribution >= 0.6 is 0 Å². The maximum absolute atomic E-state index is 12.5. The number of ether oxygens (including phenoxy) is 1. The zero-order chi connectivity index (χ0) is 30.8. The highest BCUT2D eigenvalue weighted by atomic mass is 16.5. The van der Waals surface area contributed by atoms with Crippen molar-refractivity contribution in [1.82, 2.24) is 0 Å². The van der Waals surface area contributed by atoms with Crippen LogP contribution in [0.4, 0.5) is 0 Å². The minimum absolute atomic E-state index is 0.0864. The van der Waals surface area contributed by atoms with Crippen LogP contribution in [0.2, 0.25) is 0 Å². The Morgan fingerprint density at radius 2 is 0.976 bits per heavy atom. The largest absolute Gasteiger partial charge is 0.481 e. The molecule has 42 heavy (non-hydrogen) atoms. The van der Waals surface area contributed by atoms with E-state index in [-0.39, 0.29) is 18.5 Å². The van der Waals surface area contributed by atoms with E-state index in [1.807, 2.05) is 6.08 Å². The van der Waals surface area contributed by atoms with Gasteiger partial charge in [-0.2, -0.15) is 0 Å². The summed E-state index contributed by atoms with van der Waals surface area (Å²) in [7, 11) is 0. The monoisotopic (exact) mass is 589 g/mol. The molecule has 0 aromatic carbocycles. The Bertz CT molecular complexity index is 679. The van der Waals surface area contributed by atoms with E-state index < -0.39 is 5.97 Å². The lowest BCUT2D eigenvalue weighted by Gasteiger charge is -2.14. The molecule has 1 unspecified atom stereocenters. The normalized spacial score (nSPS) is 12.6. The van der Waals surface area contributed by atoms with Crippen molar-refractivity contribution in [3.05, 3.63) is 36.5 Å². The fourth-order valence-corrected chi connectivity index (χ4v) is 5.23. The van der Waals surface area contributed by atoms with Crippen molar-refractivity contribution in [3.63, 3.8) is 0 Å². The van der Waals surface area contributed by atoms with Gasteiger partial charge in [0, 0.05) is 12.8 Å². The van der Waals surface area contributed by atoms with Gasteiger partial charge in [0.15, 0.2) is 0 Å². The number of carbonyl (C=O) groups is 2. The van der Waals surface area contributed by atoms with E-state index >= 15 is 0 Å². The fraction of sp³-hybridized carbons (Fsp3) is 0.789. The molecule has 4 nitrogen and oxygen atoms in total. The van der Waals surface area contributed by atoms with Gasteiger partial charge in [0.2, 0.25) is 0 Å². The third-order valence-electron chi connectivity index (χ3n) is 7.86. The summed E-state index contributed by atoms with van der Waals surface area (Å²) in [6, 6.07) is 0. The summed E-state index contributed by atoms with van der Waals surface area (Å²) in [6.07, 6.45) is 43.2. The number of allylic oxidation sites excluding steroid dienone is 5. The highest BCUT2D eigenvalue weighted by Gasteiger charge is 2.11. The molecule has 0 saturated carbocycles. The molecular formula is C38H68O4. The Morgan fingerprint density at radius 1 is 0.548 bits per heavy atom. The number of unbranched alkanes of at least 4 members (excludes halogenated alkanes) is 19. The smallest absolute Gasteiger partial charge is 0.306 e. The van der Waals surface area contributed by atoms with Crippen molar-refractivity contribution in [2.75, 3.05) is 0 Å². The molecule has 0 fully saturated rings. The Balaban J connectivity index is 3.96. The predicted octanol–water partition coefficient (Wildman–Crippen LogP) is 12.2. The van der Waals surface area contributed by atoms with Crippen LogP contribution in [0, 0.1) is 0 Å². The van der Waals surface area contributed by atoms with Gasteiger partial charge in [0.25, 0.3) is 0 Å². The lowest BCUT2D eigenvalue weighted by molar-refractivity contribution is -0.147. The topological polar surface area (TPSA) is 63.6 Å². The first-order valence-corrected chi connectivity index (χ1v) is 18.0. The van der Waals surface area contributed by atoms with E-state index in [2.05, 4.69) is 44.2 Å². The number of carboxylic acid groups (broad SMARTS) is 1. The Morgan fingerprint density at radius 3 is 1.48 bits per heavy atom. The van der Waals surface area contributed by atoms with Crippen LogP contribution in [-0.4, -0.2) is 23.1 Å². The molecule has 0 aromatic rings. The average molecular weight is 589 g/mol. The lowest BCUT2D eigenvalue weighted by atomic mass is 10.0. The molecule has 1 N–H and O–H groups in total. The number of esters is 1. The van der Waals surface area contributed by atoms with Gasteiger partial charge in [-0.15, -0.1) is 0 Å². The van der Waals surface area contributed by atoms with E-state index in [1.165, 1.54) is 96.3 Å². The third kappa shape index (κ3) is 32.7. The summed E-state index contributed by atoms with van der Waals surface area (Å²) in [5.74, 6) is -0.816. The zero-order valence-corrected chi connectivity index (χ0v) is 27.8. The zero-order valence-electron chi connectivity index (χ0n) is 27.8. The molecule has 1 atom stereocenters. The van der Waals surface area contributed by atoms with Crippen LogP contribution in [0.15, 0.2) is 36.5 Å². The highest BCUT2D eigenvalue weighted by molar-refractivity contribution is 5.69. The molecule has 0 rings (SSSR count). The van der Waals surface area contributed by atoms with Crippen LogP contribution in [0.1, 0.15) is 187 Å². The summed E-state index contributed by atoms with van der Waals surface area (Å²) in [6.45, 7) is 4.42. The number of hydrogen-bond donors (Lipinski definition) is 1. The third-order valence-corrected chi connectivity index (χ3v) is 7.86. The second-order valence-electron chi connectivity index (χ2n) is 12.0. The molecule has 4 heteroatoms. The maximum atomic E-state index is 12.5. The standard InChI is InChI=1S/C38H68O4/c1-3-5-7-9-11-13-14-15-16-17-18-19-20-21-23-25-31-35-38(41)42-36(33-29-26-27-30-34-37(39)40)32-28-24-22-12-10-8-6-4-2/h6,8,12,22,28,32,36H,3-5,7,9-11,13-21,23-27,29-31,33-35H2,1-2H3,(H,39,40)/b8-6-,22-12-,32-28-. The molecule has 244 valence electrons. The first-order valence-electron chi connectivity index (χ1n) is 18.0. The highest BCUT2D eigenvalue weighted by Crippen LogP contribution is 2.16. The Hall–Kier alpha value is -1.84. The van der Waals surface area contributed by atoms with Crippen molar-refractivity contribution in [2.45, 2.75) is 193 Å². The summed E-state index contributed by atoms with van der Waals surface area (Å²) >= 11 is 0. The summed E-state index contributed by atoms with van der Waals surface area (Å²) in [5.41, 5.74) is 0. The van der Waals surface area contributed by atoms with Crippen LogP contribution in [0.5, 0.6) is 0 Å². The number of hydrogen-bond acceptors (Lipinski definition) is 3. The molecule has 0 bridgehead atoms. The van der Waals surface area contributed by atoms with Gasteiger partial charge in [-0.3, -0.25) is 9.59 Å². The van der Waals surface area contributed by atoms with Gasteiger partial charge >= 0.3 is 11.9 Å². The Kier molecular flexibility index (Phi) is 32.2. The van der Waals surface area contributed by atoms with Crippen molar-refractivity contribution in [2.24, 2.45) is 0 Å². The first kappa shape index (κ1) is 40.2. The number of carbonyl (C=O) groups excluding carboxylic acids is 1. The van der Waals surface area contributed by atoms with Gasteiger partial charge in [-0.1, -0.05) is 160 Å². The minimum Gasteiger partial charge on any atom is -0.481 e. The Labute approximate surface area is 260 Å². The van der Waals surface area contributed by atoms with Crippen molar-refractivity contribution >= 4 is 11.9 Å². The van der Waals surface area contributed by atoms with Crippen LogP contribution in [-0.2, 0) is 14.3 Å². The van der Waals surface area contributed by atoms with Crippen molar-refractivity contribution < 1.29 is 19.4 Å². The lowest BCUT2D eigenvalue weighted by Crippen LogP contribution is -2.16. The molecule has 0 aromatic heterocycles. The molecular weight excluding hydrogens is 520 g/mol. The summed E-state index contributed by atoms with van der Waals surface area (Å²) in [5, 5.41) is 8.80. The second kappa shape index (κ2) is 33.7. The maximum Gasteiger partial charge on any atom is 0.306 e. The molecule has 0 aliphatic rings. The van der Waals surface area contributed by atoms with E-state index in [0.29, 0.717) is 12.8 Å². The van der Waals surface area contributed by atoms with E-state index in [1.54, 1.807) is 0 Å². The van der Waals surface area contributed by atoms with Crippen LogP contribution in [0.3, 0.4) is 0 Å². The molecule has 0 amide bonds. The van der Waals surface area contributed by atoms with Crippen molar-refractivity contribution in [1.29, 1.82) is 0 Å². The van der Waals surface area contributed by atoms with Crippen LogP contribution < -0.4 is 0 Å². The average Bonchev–Trinajstić information content (AvgIpc) is 2.97. The molecule has 0 spiro atoms. The SMILES string of the molecule is CC/C=C\C/C=C\C/C=C\C(CCCCCCC(=O)O)OC(=O)CCCCCCCCCCCCCCCCCCC. The van der Waals surface area contributed by atoms with E-state index in [4.69, 9.17) is 9.84 Å². The van der Waals surface area contributed by atoms with E-state index in [9.17, 15) is 9.59 Å². The van der Waals surface area contributed by atoms with Gasteiger partial charge in [-0.25, -0.2) is 0 Å². The molecule has 0 heterocycles. The number of rotatable bonds is 32. The molecule has 0 aliphatic heterocycles. The predicted molar refractivity (Wildman–Crippen MR) is 181 cm³/mol. The van der Waals surface area contributed by atoms with E-state index in [0.717, 1.165) is 57.8 Å². The summed E-state index contributed by atoms with van der Waals surface area (Å²) < 4.78 is 5.83. The molecule has 0 saturated heterocycles.